The predicted molar refractivity (Wildman–Crippen MR) is 85.2 cm³/mol. The molecule has 0 aromatic rings. The normalized spacial score (nSPS) is 20.6. The highest BCUT2D eigenvalue weighted by atomic mass is 35.5. The number of amides is 2. The van der Waals surface area contributed by atoms with Crippen LogP contribution >= 0.6 is 12.4 Å². The van der Waals surface area contributed by atoms with Crippen molar-refractivity contribution < 1.29 is 9.59 Å². The molecule has 0 unspecified atom stereocenters. The summed E-state index contributed by atoms with van der Waals surface area (Å²) in [5.74, 6) is 0.301. The maximum atomic E-state index is 12.1. The van der Waals surface area contributed by atoms with E-state index in [2.05, 4.69) is 12.2 Å². The zero-order valence-electron chi connectivity index (χ0n) is 12.9. The van der Waals surface area contributed by atoms with E-state index in [0.29, 0.717) is 13.1 Å². The summed E-state index contributed by atoms with van der Waals surface area (Å²) in [5.41, 5.74) is 5.36. The first-order chi connectivity index (χ1) is 9.57. The van der Waals surface area contributed by atoms with Crippen molar-refractivity contribution in [1.29, 1.82) is 0 Å². The fourth-order valence-corrected chi connectivity index (χ4v) is 2.74. The molecule has 1 aliphatic carbocycles. The second kappa shape index (κ2) is 7.99. The number of piperidine rings is 1. The number of nitrogens with one attached hydrogen (secondary N) is 1. The topological polar surface area (TPSA) is 75.4 Å². The average molecular weight is 318 g/mol. The molecular formula is C15H28ClN3O2. The maximum absolute atomic E-state index is 12.1. The zero-order chi connectivity index (χ0) is 14.6. The Morgan fingerprint density at radius 1 is 1.24 bits per heavy atom. The molecule has 1 aliphatic heterocycles. The Kier molecular flexibility index (Phi) is 6.94. The molecule has 6 heteroatoms. The molecule has 0 aromatic carbocycles. The summed E-state index contributed by atoms with van der Waals surface area (Å²) < 4.78 is 0. The van der Waals surface area contributed by atoms with Crippen molar-refractivity contribution >= 4 is 24.2 Å². The Morgan fingerprint density at radius 3 is 2.38 bits per heavy atom. The molecule has 2 rings (SSSR count). The first-order valence-corrected chi connectivity index (χ1v) is 7.93. The van der Waals surface area contributed by atoms with E-state index < -0.39 is 5.54 Å². The molecule has 21 heavy (non-hydrogen) atoms. The van der Waals surface area contributed by atoms with Crippen LogP contribution in [0, 0.1) is 5.92 Å². The number of halogens is 1. The summed E-state index contributed by atoms with van der Waals surface area (Å²) in [6, 6.07) is 0. The van der Waals surface area contributed by atoms with Gasteiger partial charge in [0.15, 0.2) is 0 Å². The minimum atomic E-state index is -0.574. The van der Waals surface area contributed by atoms with Crippen LogP contribution in [0.3, 0.4) is 0 Å². The lowest BCUT2D eigenvalue weighted by molar-refractivity contribution is -0.137. The second-order valence-corrected chi connectivity index (χ2v) is 6.22. The summed E-state index contributed by atoms with van der Waals surface area (Å²) in [6.45, 7) is 4.27. The molecule has 0 bridgehead atoms. The number of nitrogens with zero attached hydrogens (tertiary/aromatic N) is 1. The van der Waals surface area contributed by atoms with Gasteiger partial charge in [0.25, 0.3) is 0 Å². The van der Waals surface area contributed by atoms with Gasteiger partial charge in [-0.3, -0.25) is 9.59 Å². The van der Waals surface area contributed by atoms with Gasteiger partial charge in [0, 0.05) is 25.6 Å². The second-order valence-electron chi connectivity index (χ2n) is 6.22. The van der Waals surface area contributed by atoms with E-state index in [0.717, 1.165) is 51.5 Å². The Bertz CT molecular complexity index is 364. The number of carbonyl (C=O) groups excluding carboxylic acids is 2. The first-order valence-electron chi connectivity index (χ1n) is 7.93. The molecule has 0 aromatic heterocycles. The van der Waals surface area contributed by atoms with Crippen LogP contribution in [0.25, 0.3) is 0 Å². The molecule has 122 valence electrons. The van der Waals surface area contributed by atoms with E-state index in [1.54, 1.807) is 0 Å². The van der Waals surface area contributed by atoms with Crippen LogP contribution in [0.5, 0.6) is 0 Å². The van der Waals surface area contributed by atoms with Crippen molar-refractivity contribution in [2.45, 2.75) is 57.4 Å². The number of rotatable bonds is 6. The van der Waals surface area contributed by atoms with Crippen LogP contribution in [0.4, 0.5) is 0 Å². The van der Waals surface area contributed by atoms with Gasteiger partial charge in [-0.05, 0) is 32.1 Å². The van der Waals surface area contributed by atoms with Gasteiger partial charge in [-0.2, -0.15) is 0 Å². The SMILES string of the molecule is CCCCCNC(=O)C1CCN(C(=O)C2(N)CC2)CC1.Cl. The third kappa shape index (κ3) is 4.85. The Hall–Kier alpha value is -0.810. The van der Waals surface area contributed by atoms with E-state index in [4.69, 9.17) is 5.73 Å². The van der Waals surface area contributed by atoms with Gasteiger partial charge in [0.2, 0.25) is 11.8 Å². The predicted octanol–water partition coefficient (Wildman–Crippen LogP) is 1.44. The van der Waals surface area contributed by atoms with Crippen LogP contribution in [-0.2, 0) is 9.59 Å². The van der Waals surface area contributed by atoms with Crippen LogP contribution in [0.2, 0.25) is 0 Å². The summed E-state index contributed by atoms with van der Waals surface area (Å²) >= 11 is 0. The molecule has 2 aliphatic rings. The molecule has 1 saturated carbocycles. The van der Waals surface area contributed by atoms with Gasteiger partial charge in [-0.1, -0.05) is 19.8 Å². The van der Waals surface area contributed by atoms with Crippen LogP contribution in [0.15, 0.2) is 0 Å². The maximum Gasteiger partial charge on any atom is 0.242 e. The van der Waals surface area contributed by atoms with Crippen molar-refractivity contribution in [1.82, 2.24) is 10.2 Å². The Morgan fingerprint density at radius 2 is 1.86 bits per heavy atom. The standard InChI is InChI=1S/C15H27N3O2.ClH/c1-2-3-4-9-17-13(19)12-5-10-18(11-6-12)14(20)15(16)7-8-15;/h12H,2-11,16H2,1H3,(H,17,19);1H. The highest BCUT2D eigenvalue weighted by Gasteiger charge is 2.48. The highest BCUT2D eigenvalue weighted by Crippen LogP contribution is 2.35. The summed E-state index contributed by atoms with van der Waals surface area (Å²) in [5, 5.41) is 3.01. The largest absolute Gasteiger partial charge is 0.356 e. The lowest BCUT2D eigenvalue weighted by Gasteiger charge is -2.33. The average Bonchev–Trinajstić information content (AvgIpc) is 3.22. The molecule has 2 amide bonds. The van der Waals surface area contributed by atoms with Crippen molar-refractivity contribution in [3.05, 3.63) is 0 Å². The van der Waals surface area contributed by atoms with Gasteiger partial charge in [0.05, 0.1) is 5.54 Å². The first kappa shape index (κ1) is 18.2. The van der Waals surface area contributed by atoms with Crippen LogP contribution < -0.4 is 11.1 Å². The number of carbonyl (C=O) groups is 2. The number of hydrogen-bond donors (Lipinski definition) is 2. The fraction of sp³-hybridized carbons (Fsp3) is 0.867. The fourth-order valence-electron chi connectivity index (χ4n) is 2.74. The number of nitrogens with two attached hydrogens (primary N) is 1. The van der Waals surface area contributed by atoms with Crippen molar-refractivity contribution in [2.75, 3.05) is 19.6 Å². The Balaban J connectivity index is 0.00000220. The van der Waals surface area contributed by atoms with Gasteiger partial charge in [0.1, 0.15) is 0 Å². The van der Waals surface area contributed by atoms with E-state index in [1.807, 2.05) is 4.90 Å². The molecule has 0 atom stereocenters. The number of unbranched alkanes of at least 4 members (excludes halogenated alkanes) is 2. The molecule has 2 fully saturated rings. The molecule has 5 nitrogen and oxygen atoms in total. The number of hydrogen-bond acceptors (Lipinski definition) is 3. The van der Waals surface area contributed by atoms with Gasteiger partial charge in [-0.25, -0.2) is 0 Å². The minimum absolute atomic E-state index is 0. The highest BCUT2D eigenvalue weighted by molar-refractivity contribution is 5.89. The lowest BCUT2D eigenvalue weighted by Crippen LogP contribution is -2.50. The van der Waals surface area contributed by atoms with E-state index in [-0.39, 0.29) is 30.1 Å². The molecule has 1 heterocycles. The zero-order valence-corrected chi connectivity index (χ0v) is 13.7. The van der Waals surface area contributed by atoms with Gasteiger partial charge < -0.3 is 16.0 Å². The van der Waals surface area contributed by atoms with Crippen molar-refractivity contribution in [3.8, 4) is 0 Å². The third-order valence-corrected chi connectivity index (χ3v) is 4.45. The number of likely N-dealkylation sites (tertiary alicyclic amines) is 1. The van der Waals surface area contributed by atoms with Crippen LogP contribution in [0.1, 0.15) is 51.9 Å². The Labute approximate surface area is 133 Å². The third-order valence-electron chi connectivity index (χ3n) is 4.45. The smallest absolute Gasteiger partial charge is 0.242 e. The van der Waals surface area contributed by atoms with E-state index in [9.17, 15) is 9.59 Å². The summed E-state index contributed by atoms with van der Waals surface area (Å²) in [6.07, 6.45) is 6.52. The molecule has 1 saturated heterocycles. The molecule has 0 spiro atoms. The van der Waals surface area contributed by atoms with Crippen LogP contribution in [-0.4, -0.2) is 41.9 Å². The quantitative estimate of drug-likeness (QED) is 0.728. The molecule has 3 N–H and O–H groups in total. The van der Waals surface area contributed by atoms with Gasteiger partial charge >= 0.3 is 0 Å². The summed E-state index contributed by atoms with van der Waals surface area (Å²) in [4.78, 5) is 26.0. The molecule has 0 radical (unpaired) electrons. The van der Waals surface area contributed by atoms with Crippen molar-refractivity contribution in [2.24, 2.45) is 11.7 Å². The monoisotopic (exact) mass is 317 g/mol. The summed E-state index contributed by atoms with van der Waals surface area (Å²) in [7, 11) is 0. The molecular weight excluding hydrogens is 290 g/mol. The van der Waals surface area contributed by atoms with Crippen molar-refractivity contribution in [3.63, 3.8) is 0 Å². The lowest BCUT2D eigenvalue weighted by atomic mass is 9.95. The van der Waals surface area contributed by atoms with E-state index in [1.165, 1.54) is 0 Å². The van der Waals surface area contributed by atoms with Gasteiger partial charge in [-0.15, -0.1) is 12.4 Å². The van der Waals surface area contributed by atoms with E-state index >= 15 is 0 Å². The minimum Gasteiger partial charge on any atom is -0.356 e.